The Kier molecular flexibility index (Phi) is 5.04. The van der Waals surface area contributed by atoms with E-state index in [0.29, 0.717) is 27.6 Å². The summed E-state index contributed by atoms with van der Waals surface area (Å²) in [7, 11) is 0. The molecule has 2 aliphatic rings. The lowest BCUT2D eigenvalue weighted by Crippen LogP contribution is -2.30. The van der Waals surface area contributed by atoms with E-state index in [1.54, 1.807) is 29.0 Å². The highest BCUT2D eigenvalue weighted by molar-refractivity contribution is 6.30. The van der Waals surface area contributed by atoms with Crippen molar-refractivity contribution in [3.8, 4) is 17.2 Å². The van der Waals surface area contributed by atoms with E-state index in [0.717, 1.165) is 12.1 Å². The molecule has 0 spiro atoms. The summed E-state index contributed by atoms with van der Waals surface area (Å²) < 4.78 is 1.59. The molecule has 0 N–H and O–H groups in total. The monoisotopic (exact) mass is 456 g/mol. The van der Waals surface area contributed by atoms with Crippen molar-refractivity contribution in [2.24, 2.45) is 0 Å². The fourth-order valence-electron chi connectivity index (χ4n) is 5.07. The van der Waals surface area contributed by atoms with Gasteiger partial charge in [0.05, 0.1) is 15.9 Å². The molecule has 6 rings (SSSR count). The molecule has 6 heteroatoms. The Morgan fingerprint density at radius 2 is 1.70 bits per heavy atom. The Hall–Kier alpha value is -3.02. The van der Waals surface area contributed by atoms with Crippen molar-refractivity contribution in [1.29, 1.82) is 0 Å². The first-order valence-electron chi connectivity index (χ1n) is 11.6. The largest absolute Gasteiger partial charge is 0.302 e. The van der Waals surface area contributed by atoms with Gasteiger partial charge in [-0.2, -0.15) is 0 Å². The Bertz CT molecular complexity index is 1370. The summed E-state index contributed by atoms with van der Waals surface area (Å²) in [4.78, 5) is 25.4. The molecule has 0 radical (unpaired) electrons. The topological polar surface area (TPSA) is 51.0 Å². The Labute approximate surface area is 197 Å². The van der Waals surface area contributed by atoms with E-state index >= 15 is 0 Å². The highest BCUT2D eigenvalue weighted by Crippen LogP contribution is 2.49. The van der Waals surface area contributed by atoms with Crippen LogP contribution in [-0.4, -0.2) is 39.1 Å². The second-order valence-corrected chi connectivity index (χ2v) is 9.71. The number of hydrogen-bond donors (Lipinski definition) is 0. The number of fused-ring (bicyclic) bond motifs is 1. The van der Waals surface area contributed by atoms with Crippen LogP contribution in [0.2, 0.25) is 5.02 Å². The van der Waals surface area contributed by atoms with Crippen molar-refractivity contribution < 1.29 is 0 Å². The summed E-state index contributed by atoms with van der Waals surface area (Å²) in [5.74, 6) is 1.10. The van der Waals surface area contributed by atoms with Crippen molar-refractivity contribution in [3.05, 3.63) is 87.8 Å². The Balaban J connectivity index is 1.44. The highest BCUT2D eigenvalue weighted by Gasteiger charge is 2.45. The van der Waals surface area contributed by atoms with Crippen molar-refractivity contribution in [1.82, 2.24) is 19.4 Å². The van der Waals surface area contributed by atoms with E-state index in [9.17, 15) is 4.79 Å². The average Bonchev–Trinajstić information content (AvgIpc) is 3.44. The van der Waals surface area contributed by atoms with Gasteiger partial charge in [0.15, 0.2) is 0 Å². The quantitative estimate of drug-likeness (QED) is 0.412. The molecule has 2 aromatic heterocycles. The first-order valence-corrected chi connectivity index (χ1v) is 12.0. The van der Waals surface area contributed by atoms with Gasteiger partial charge in [-0.25, -0.2) is 14.5 Å². The van der Waals surface area contributed by atoms with Gasteiger partial charge in [-0.05, 0) is 68.6 Å². The molecular formula is C27H25ClN4O. The van der Waals surface area contributed by atoms with Crippen LogP contribution in [0.4, 0.5) is 0 Å². The van der Waals surface area contributed by atoms with Gasteiger partial charge in [-0.1, -0.05) is 48.0 Å². The summed E-state index contributed by atoms with van der Waals surface area (Å²) in [5.41, 5.74) is 3.12. The zero-order valence-electron chi connectivity index (χ0n) is 18.4. The van der Waals surface area contributed by atoms with Crippen LogP contribution in [0.1, 0.15) is 31.2 Å². The second-order valence-electron chi connectivity index (χ2n) is 9.27. The molecular weight excluding hydrogens is 432 g/mol. The van der Waals surface area contributed by atoms with Crippen LogP contribution in [-0.2, 0) is 5.41 Å². The molecule has 33 heavy (non-hydrogen) atoms. The molecule has 166 valence electrons. The standard InChI is InChI=1S/C27H25ClN4O/c28-21-11-12-24(29-17-21)32-25(30-23-6-2-1-5-22(23)26(32)33)19-7-9-20(10-8-19)27(13-14-27)18-31-15-3-4-16-31/h1-2,5-12,17H,3-4,13-16,18H2. The molecule has 0 atom stereocenters. The van der Waals surface area contributed by atoms with E-state index in [1.165, 1.54) is 44.3 Å². The lowest BCUT2D eigenvalue weighted by Gasteiger charge is -2.23. The van der Waals surface area contributed by atoms with Crippen molar-refractivity contribution in [3.63, 3.8) is 0 Å². The van der Waals surface area contributed by atoms with E-state index in [2.05, 4.69) is 34.1 Å². The van der Waals surface area contributed by atoms with Crippen LogP contribution in [0.5, 0.6) is 0 Å². The number of pyridine rings is 1. The number of para-hydroxylation sites is 1. The second kappa shape index (κ2) is 8.08. The summed E-state index contributed by atoms with van der Waals surface area (Å²) in [6, 6.07) is 19.6. The van der Waals surface area contributed by atoms with E-state index in [4.69, 9.17) is 16.6 Å². The third-order valence-corrected chi connectivity index (χ3v) is 7.27. The van der Waals surface area contributed by atoms with Crippen LogP contribution in [0, 0.1) is 0 Å². The zero-order valence-corrected chi connectivity index (χ0v) is 19.1. The van der Waals surface area contributed by atoms with Crippen molar-refractivity contribution in [2.75, 3.05) is 19.6 Å². The van der Waals surface area contributed by atoms with Crippen LogP contribution in [0.25, 0.3) is 28.1 Å². The fraction of sp³-hybridized carbons (Fsp3) is 0.296. The summed E-state index contributed by atoms with van der Waals surface area (Å²) in [6.07, 6.45) is 6.69. The van der Waals surface area contributed by atoms with Crippen LogP contribution in [0.15, 0.2) is 71.7 Å². The number of rotatable bonds is 5. The van der Waals surface area contributed by atoms with Gasteiger partial charge in [0.1, 0.15) is 11.6 Å². The molecule has 4 aromatic rings. The van der Waals surface area contributed by atoms with E-state index < -0.39 is 0 Å². The van der Waals surface area contributed by atoms with E-state index in [1.807, 2.05) is 18.2 Å². The van der Waals surface area contributed by atoms with Gasteiger partial charge in [0.2, 0.25) is 0 Å². The molecule has 0 amide bonds. The molecule has 2 fully saturated rings. The SMILES string of the molecule is O=c1c2ccccc2nc(-c2ccc(C3(CN4CCCC4)CC3)cc2)n1-c1ccc(Cl)cn1. The minimum absolute atomic E-state index is 0.137. The number of benzene rings is 2. The van der Waals surface area contributed by atoms with Crippen LogP contribution < -0.4 is 5.56 Å². The van der Waals surface area contributed by atoms with Gasteiger partial charge < -0.3 is 4.90 Å². The molecule has 5 nitrogen and oxygen atoms in total. The lowest BCUT2D eigenvalue weighted by atomic mass is 9.94. The number of nitrogens with zero attached hydrogens (tertiary/aromatic N) is 4. The number of likely N-dealkylation sites (tertiary alicyclic amines) is 1. The first-order chi connectivity index (χ1) is 16.1. The Morgan fingerprint density at radius 3 is 2.39 bits per heavy atom. The predicted octanol–water partition coefficient (Wildman–Crippen LogP) is 5.23. The minimum Gasteiger partial charge on any atom is -0.302 e. The smallest absolute Gasteiger partial charge is 0.267 e. The third-order valence-electron chi connectivity index (χ3n) is 7.05. The van der Waals surface area contributed by atoms with Crippen LogP contribution in [0.3, 0.4) is 0 Å². The predicted molar refractivity (Wildman–Crippen MR) is 132 cm³/mol. The Morgan fingerprint density at radius 1 is 0.939 bits per heavy atom. The molecule has 0 bridgehead atoms. The number of hydrogen-bond acceptors (Lipinski definition) is 4. The average molecular weight is 457 g/mol. The van der Waals surface area contributed by atoms with E-state index in [-0.39, 0.29) is 11.0 Å². The molecule has 2 aromatic carbocycles. The van der Waals surface area contributed by atoms with Gasteiger partial charge in [0.25, 0.3) is 5.56 Å². The summed E-state index contributed by atoms with van der Waals surface area (Å²) in [5, 5.41) is 1.09. The van der Waals surface area contributed by atoms with Gasteiger partial charge in [-0.3, -0.25) is 4.79 Å². The highest BCUT2D eigenvalue weighted by atomic mass is 35.5. The molecule has 1 saturated heterocycles. The van der Waals surface area contributed by atoms with Gasteiger partial charge >= 0.3 is 0 Å². The maximum atomic E-state index is 13.5. The molecule has 3 heterocycles. The molecule has 1 saturated carbocycles. The molecule has 1 aliphatic heterocycles. The third kappa shape index (κ3) is 3.75. The van der Waals surface area contributed by atoms with Gasteiger partial charge in [-0.15, -0.1) is 0 Å². The maximum Gasteiger partial charge on any atom is 0.267 e. The maximum absolute atomic E-state index is 13.5. The molecule has 0 unspecified atom stereocenters. The van der Waals surface area contributed by atoms with Gasteiger partial charge in [0, 0.05) is 23.7 Å². The van der Waals surface area contributed by atoms with Crippen molar-refractivity contribution in [2.45, 2.75) is 31.1 Å². The fourth-order valence-corrected chi connectivity index (χ4v) is 5.18. The number of halogens is 1. The van der Waals surface area contributed by atoms with Crippen LogP contribution >= 0.6 is 11.6 Å². The summed E-state index contributed by atoms with van der Waals surface area (Å²) >= 11 is 6.05. The number of aromatic nitrogens is 3. The zero-order chi connectivity index (χ0) is 22.4. The minimum atomic E-state index is -0.137. The van der Waals surface area contributed by atoms with Crippen molar-refractivity contribution >= 4 is 22.5 Å². The first kappa shape index (κ1) is 20.6. The normalized spacial score (nSPS) is 17.5. The lowest BCUT2D eigenvalue weighted by molar-refractivity contribution is 0.305. The summed E-state index contributed by atoms with van der Waals surface area (Å²) in [6.45, 7) is 3.60. The molecule has 1 aliphatic carbocycles.